The number of rotatable bonds is 5. The molecule has 0 saturated heterocycles. The molecule has 0 aliphatic rings. The lowest BCUT2D eigenvalue weighted by molar-refractivity contribution is 0.559. The van der Waals surface area contributed by atoms with Crippen molar-refractivity contribution in [2.75, 3.05) is 14.1 Å². The van der Waals surface area contributed by atoms with Crippen molar-refractivity contribution >= 4 is 22.1 Å². The number of nitrogens with zero attached hydrogens (tertiary/aromatic N) is 1. The van der Waals surface area contributed by atoms with Gasteiger partial charge in [0.1, 0.15) is 11.4 Å². The highest BCUT2D eigenvalue weighted by Crippen LogP contribution is 2.38. The summed E-state index contributed by atoms with van der Waals surface area (Å²) >= 11 is 0. The Morgan fingerprint density at radius 1 is 0.469 bits per heavy atom. The molecule has 0 bridgehead atoms. The number of hydrogen-bond donors (Lipinski definition) is 0. The molecule has 1 nitrogen and oxygen atoms in total. The first kappa shape index (κ1) is 20.2. The van der Waals surface area contributed by atoms with Gasteiger partial charge in [-0.2, -0.15) is 0 Å². The van der Waals surface area contributed by atoms with Crippen LogP contribution in [0, 0.1) is 0 Å². The van der Waals surface area contributed by atoms with Gasteiger partial charge in [0, 0.05) is 17.4 Å². The Kier molecular flexibility index (Phi) is 5.34. The molecule has 156 valence electrons. The molecule has 0 atom stereocenters. The fourth-order valence-corrected chi connectivity index (χ4v) is 4.74. The minimum Gasteiger partial charge on any atom is -0.263 e. The Bertz CT molecular complexity index is 1270. The van der Waals surface area contributed by atoms with E-state index >= 15 is 0 Å². The first-order valence-corrected chi connectivity index (χ1v) is 11.2. The summed E-state index contributed by atoms with van der Waals surface area (Å²) in [4.78, 5) is 0. The molecule has 0 heterocycles. The molecule has 0 radical (unpaired) electrons. The Hall–Kier alpha value is -3.68. The topological polar surface area (TPSA) is 0 Å². The van der Waals surface area contributed by atoms with Crippen LogP contribution in [0.25, 0.3) is 10.8 Å². The van der Waals surface area contributed by atoms with Gasteiger partial charge in [0.05, 0.1) is 14.1 Å². The normalized spacial score (nSPS) is 11.7. The molecule has 0 amide bonds. The zero-order chi connectivity index (χ0) is 22.0. The van der Waals surface area contributed by atoms with E-state index in [4.69, 9.17) is 0 Å². The van der Waals surface area contributed by atoms with E-state index in [-0.39, 0.29) is 5.92 Å². The number of quaternary nitrogens is 1. The summed E-state index contributed by atoms with van der Waals surface area (Å²) in [6, 6.07) is 46.0. The van der Waals surface area contributed by atoms with Gasteiger partial charge in [0.15, 0.2) is 0 Å². The van der Waals surface area contributed by atoms with E-state index in [0.29, 0.717) is 4.48 Å². The molecule has 0 unspecified atom stereocenters. The van der Waals surface area contributed by atoms with E-state index in [1.165, 1.54) is 38.8 Å². The molecule has 5 aromatic carbocycles. The average Bonchev–Trinajstić information content (AvgIpc) is 2.85. The van der Waals surface area contributed by atoms with E-state index in [9.17, 15) is 0 Å². The quantitative estimate of drug-likeness (QED) is 0.202. The van der Waals surface area contributed by atoms with Gasteiger partial charge in [0.25, 0.3) is 0 Å². The van der Waals surface area contributed by atoms with Crippen LogP contribution in [0.4, 0.5) is 11.4 Å². The number of hydrogen-bond acceptors (Lipinski definition) is 0. The predicted molar refractivity (Wildman–Crippen MR) is 138 cm³/mol. The van der Waals surface area contributed by atoms with Crippen LogP contribution >= 0.6 is 0 Å². The molecule has 5 rings (SSSR count). The minimum atomic E-state index is 0.222. The SMILES string of the molecule is C[N+](C)(c1ccc(C(c2ccccc2)c2ccccc2)cc1)c1cccc2ccccc12. The third-order valence-corrected chi connectivity index (χ3v) is 6.51. The van der Waals surface area contributed by atoms with Gasteiger partial charge in [-0.05, 0) is 40.3 Å². The third-order valence-electron chi connectivity index (χ3n) is 6.51. The highest BCUT2D eigenvalue weighted by atomic mass is 15.3. The molecule has 0 N–H and O–H groups in total. The van der Waals surface area contributed by atoms with Gasteiger partial charge in [-0.25, -0.2) is 0 Å². The molecule has 0 saturated carbocycles. The summed E-state index contributed by atoms with van der Waals surface area (Å²) in [5, 5.41) is 2.58. The molecule has 32 heavy (non-hydrogen) atoms. The number of fused-ring (bicyclic) bond motifs is 1. The Labute approximate surface area is 190 Å². The first-order chi connectivity index (χ1) is 15.6. The van der Waals surface area contributed by atoms with Gasteiger partial charge in [0.2, 0.25) is 0 Å². The molecule has 0 aliphatic heterocycles. The van der Waals surface area contributed by atoms with Crippen LogP contribution in [-0.2, 0) is 0 Å². The molecule has 1 heteroatoms. The lowest BCUT2D eigenvalue weighted by Gasteiger charge is -2.30. The lowest BCUT2D eigenvalue weighted by Crippen LogP contribution is -2.34. The van der Waals surface area contributed by atoms with Crippen molar-refractivity contribution in [3.8, 4) is 0 Å². The first-order valence-electron chi connectivity index (χ1n) is 11.2. The van der Waals surface area contributed by atoms with Crippen molar-refractivity contribution in [1.82, 2.24) is 4.48 Å². The largest absolute Gasteiger partial charge is 0.263 e. The summed E-state index contributed by atoms with van der Waals surface area (Å²) in [5.74, 6) is 0.222. The average molecular weight is 415 g/mol. The predicted octanol–water partition coefficient (Wildman–Crippen LogP) is 7.92. The van der Waals surface area contributed by atoms with Crippen LogP contribution in [0.3, 0.4) is 0 Å². The van der Waals surface area contributed by atoms with Gasteiger partial charge < -0.3 is 0 Å². The van der Waals surface area contributed by atoms with Gasteiger partial charge in [-0.1, -0.05) is 103 Å². The third kappa shape index (κ3) is 3.72. The zero-order valence-corrected chi connectivity index (χ0v) is 18.6. The molecule has 0 aromatic heterocycles. The molecular weight excluding hydrogens is 386 g/mol. The van der Waals surface area contributed by atoms with Gasteiger partial charge in [-0.3, -0.25) is 4.48 Å². The molecule has 0 spiro atoms. The van der Waals surface area contributed by atoms with E-state index in [0.717, 1.165) is 0 Å². The van der Waals surface area contributed by atoms with Crippen LogP contribution in [0.1, 0.15) is 22.6 Å². The Morgan fingerprint density at radius 3 is 1.59 bits per heavy atom. The number of benzene rings is 5. The van der Waals surface area contributed by atoms with Crippen LogP contribution in [0.15, 0.2) is 127 Å². The molecule has 0 aliphatic carbocycles. The smallest absolute Gasteiger partial charge is 0.145 e. The van der Waals surface area contributed by atoms with E-state index in [1.54, 1.807) is 0 Å². The molecular formula is C31H28N+. The van der Waals surface area contributed by atoms with Gasteiger partial charge in [-0.15, -0.1) is 0 Å². The minimum absolute atomic E-state index is 0.222. The van der Waals surface area contributed by atoms with Crippen molar-refractivity contribution < 1.29 is 0 Å². The fourth-order valence-electron chi connectivity index (χ4n) is 4.74. The summed E-state index contributed by atoms with van der Waals surface area (Å²) in [6.07, 6.45) is 0. The van der Waals surface area contributed by atoms with Gasteiger partial charge >= 0.3 is 0 Å². The highest BCUT2D eigenvalue weighted by Gasteiger charge is 2.25. The summed E-state index contributed by atoms with van der Waals surface area (Å²) in [5.41, 5.74) is 6.51. The monoisotopic (exact) mass is 414 g/mol. The lowest BCUT2D eigenvalue weighted by atomic mass is 9.85. The van der Waals surface area contributed by atoms with Crippen LogP contribution in [-0.4, -0.2) is 14.1 Å². The Balaban J connectivity index is 1.56. The summed E-state index contributed by atoms with van der Waals surface area (Å²) in [7, 11) is 4.53. The summed E-state index contributed by atoms with van der Waals surface area (Å²) in [6.45, 7) is 0. The van der Waals surface area contributed by atoms with Crippen LogP contribution in [0.2, 0.25) is 0 Å². The second-order valence-corrected chi connectivity index (χ2v) is 8.80. The van der Waals surface area contributed by atoms with E-state index < -0.39 is 0 Å². The zero-order valence-electron chi connectivity index (χ0n) is 18.6. The van der Waals surface area contributed by atoms with Crippen molar-refractivity contribution in [2.45, 2.75) is 5.92 Å². The second kappa shape index (κ2) is 8.45. The molecule has 0 fully saturated rings. The van der Waals surface area contributed by atoms with E-state index in [2.05, 4.69) is 141 Å². The maximum Gasteiger partial charge on any atom is 0.145 e. The van der Waals surface area contributed by atoms with Crippen molar-refractivity contribution in [1.29, 1.82) is 0 Å². The summed E-state index contributed by atoms with van der Waals surface area (Å²) < 4.78 is 0.697. The maximum absolute atomic E-state index is 2.30. The van der Waals surface area contributed by atoms with Crippen LogP contribution in [0.5, 0.6) is 0 Å². The van der Waals surface area contributed by atoms with Crippen molar-refractivity contribution in [3.05, 3.63) is 144 Å². The molecule has 5 aromatic rings. The Morgan fingerprint density at radius 2 is 0.969 bits per heavy atom. The standard InChI is InChI=1S/C31H28N/c1-32(2,30-19-11-17-24-12-9-10-18-29(24)30)28-22-20-27(21-23-28)31(25-13-5-3-6-14-25)26-15-7-4-8-16-26/h3-23,31H,1-2H3/q+1. The van der Waals surface area contributed by atoms with E-state index in [1.807, 2.05) is 0 Å². The fraction of sp³-hybridized carbons (Fsp3) is 0.0968. The highest BCUT2D eigenvalue weighted by molar-refractivity contribution is 5.94. The maximum atomic E-state index is 2.30. The van der Waals surface area contributed by atoms with Crippen molar-refractivity contribution in [3.63, 3.8) is 0 Å². The van der Waals surface area contributed by atoms with Crippen molar-refractivity contribution in [2.24, 2.45) is 0 Å². The van der Waals surface area contributed by atoms with Crippen LogP contribution < -0.4 is 4.48 Å². The second-order valence-electron chi connectivity index (χ2n) is 8.80.